The number of hydrogen-bond acceptors (Lipinski definition) is 4. The van der Waals surface area contributed by atoms with Crippen LogP contribution in [0.2, 0.25) is 0 Å². The number of aromatic amines is 1. The van der Waals surface area contributed by atoms with Crippen molar-refractivity contribution in [3.63, 3.8) is 0 Å². The maximum atomic E-state index is 13.2. The van der Waals surface area contributed by atoms with Gasteiger partial charge in [-0.05, 0) is 19.3 Å². The maximum absolute atomic E-state index is 13.2. The predicted molar refractivity (Wildman–Crippen MR) is 109 cm³/mol. The first-order valence-electron chi connectivity index (χ1n) is 9.87. The van der Waals surface area contributed by atoms with Gasteiger partial charge in [0, 0.05) is 24.2 Å². The fraction of sp³-hybridized carbons (Fsp3) is 0.261. The lowest BCUT2D eigenvalue weighted by molar-refractivity contribution is -0.142. The first-order chi connectivity index (χ1) is 14.2. The second-order valence-corrected chi connectivity index (χ2v) is 7.11. The van der Waals surface area contributed by atoms with Gasteiger partial charge in [0.25, 0.3) is 5.91 Å². The molecule has 1 N–H and O–H groups in total. The highest BCUT2D eigenvalue weighted by Crippen LogP contribution is 2.27. The third-order valence-corrected chi connectivity index (χ3v) is 5.14. The first-order valence-corrected chi connectivity index (χ1v) is 9.87. The first kappa shape index (κ1) is 18.9. The molecule has 1 atom stereocenters. The molecule has 29 heavy (non-hydrogen) atoms. The van der Waals surface area contributed by atoms with Gasteiger partial charge in [0.2, 0.25) is 6.10 Å². The van der Waals surface area contributed by atoms with Crippen LogP contribution < -0.4 is 0 Å². The summed E-state index contributed by atoms with van der Waals surface area (Å²) in [5.74, 6) is -0.745. The van der Waals surface area contributed by atoms with Gasteiger partial charge >= 0.3 is 5.97 Å². The molecule has 2 aromatic carbocycles. The summed E-state index contributed by atoms with van der Waals surface area (Å²) in [6.07, 6.45) is 3.54. The Morgan fingerprint density at radius 2 is 1.59 bits per heavy atom. The Hall–Kier alpha value is -3.41. The van der Waals surface area contributed by atoms with Crippen molar-refractivity contribution in [1.29, 1.82) is 0 Å². The van der Waals surface area contributed by atoms with Gasteiger partial charge < -0.3 is 9.64 Å². The van der Waals surface area contributed by atoms with Crippen LogP contribution >= 0.6 is 0 Å². The van der Waals surface area contributed by atoms with Crippen molar-refractivity contribution in [1.82, 2.24) is 15.1 Å². The summed E-state index contributed by atoms with van der Waals surface area (Å²) >= 11 is 0. The molecule has 6 nitrogen and oxygen atoms in total. The Morgan fingerprint density at radius 1 is 0.931 bits per heavy atom. The minimum absolute atomic E-state index is 0.172. The second-order valence-electron chi connectivity index (χ2n) is 7.11. The van der Waals surface area contributed by atoms with Crippen molar-refractivity contribution in [2.75, 3.05) is 13.1 Å². The highest BCUT2D eigenvalue weighted by molar-refractivity contribution is 5.97. The summed E-state index contributed by atoms with van der Waals surface area (Å²) in [6.45, 7) is 1.39. The Bertz CT molecular complexity index is 963. The minimum Gasteiger partial charge on any atom is -0.444 e. The molecule has 1 aromatic heterocycles. The van der Waals surface area contributed by atoms with Crippen LogP contribution in [0.25, 0.3) is 11.3 Å². The van der Waals surface area contributed by atoms with Gasteiger partial charge in [-0.25, -0.2) is 4.79 Å². The number of nitrogens with one attached hydrogen (secondary N) is 1. The average molecular weight is 389 g/mol. The second kappa shape index (κ2) is 8.73. The van der Waals surface area contributed by atoms with E-state index in [1.807, 2.05) is 60.7 Å². The zero-order valence-electron chi connectivity index (χ0n) is 16.1. The lowest BCUT2D eigenvalue weighted by Crippen LogP contribution is -2.40. The summed E-state index contributed by atoms with van der Waals surface area (Å²) in [7, 11) is 0. The molecule has 0 bridgehead atoms. The van der Waals surface area contributed by atoms with Crippen molar-refractivity contribution in [3.05, 3.63) is 78.0 Å². The van der Waals surface area contributed by atoms with Crippen molar-refractivity contribution in [2.45, 2.75) is 25.4 Å². The molecule has 0 radical (unpaired) electrons. The van der Waals surface area contributed by atoms with E-state index in [1.165, 1.54) is 6.20 Å². The number of piperidine rings is 1. The Labute approximate surface area is 169 Å². The fourth-order valence-electron chi connectivity index (χ4n) is 3.61. The average Bonchev–Trinajstić information content (AvgIpc) is 3.29. The number of H-pyrrole nitrogens is 1. The lowest BCUT2D eigenvalue weighted by atomic mass is 10.1. The highest BCUT2D eigenvalue weighted by atomic mass is 16.5. The van der Waals surface area contributed by atoms with Crippen LogP contribution in [0.4, 0.5) is 0 Å². The van der Waals surface area contributed by atoms with Gasteiger partial charge in [-0.15, -0.1) is 0 Å². The van der Waals surface area contributed by atoms with E-state index >= 15 is 0 Å². The van der Waals surface area contributed by atoms with Crippen LogP contribution in [0.3, 0.4) is 0 Å². The number of likely N-dealkylation sites (tertiary alicyclic amines) is 1. The third-order valence-electron chi connectivity index (χ3n) is 5.14. The summed E-state index contributed by atoms with van der Waals surface area (Å²) in [5.41, 5.74) is 2.38. The van der Waals surface area contributed by atoms with Gasteiger partial charge in [0.05, 0.1) is 11.9 Å². The predicted octanol–water partition coefficient (Wildman–Crippen LogP) is 3.99. The normalized spacial score (nSPS) is 15.0. The molecule has 1 aliphatic rings. The van der Waals surface area contributed by atoms with E-state index in [-0.39, 0.29) is 5.91 Å². The molecule has 1 aliphatic heterocycles. The monoisotopic (exact) mass is 389 g/mol. The van der Waals surface area contributed by atoms with E-state index in [0.717, 1.165) is 24.8 Å². The smallest absolute Gasteiger partial charge is 0.343 e. The Balaban J connectivity index is 1.61. The van der Waals surface area contributed by atoms with E-state index in [1.54, 1.807) is 4.90 Å². The summed E-state index contributed by atoms with van der Waals surface area (Å²) in [5, 5.41) is 6.88. The van der Waals surface area contributed by atoms with Crippen LogP contribution in [0.1, 0.15) is 41.3 Å². The number of nitrogens with zero attached hydrogens (tertiary/aromatic N) is 2. The molecule has 1 fully saturated rings. The van der Waals surface area contributed by atoms with E-state index < -0.39 is 12.1 Å². The molecule has 0 aliphatic carbocycles. The van der Waals surface area contributed by atoms with Gasteiger partial charge in [-0.1, -0.05) is 60.7 Å². The van der Waals surface area contributed by atoms with Crippen molar-refractivity contribution in [3.8, 4) is 11.3 Å². The summed E-state index contributed by atoms with van der Waals surface area (Å²) in [4.78, 5) is 28.0. The highest BCUT2D eigenvalue weighted by Gasteiger charge is 2.31. The van der Waals surface area contributed by atoms with Crippen molar-refractivity contribution < 1.29 is 14.3 Å². The molecule has 2 heterocycles. The number of rotatable bonds is 5. The van der Waals surface area contributed by atoms with Gasteiger partial charge in [-0.2, -0.15) is 5.10 Å². The Kier molecular flexibility index (Phi) is 5.70. The molecule has 4 rings (SSSR count). The van der Waals surface area contributed by atoms with E-state index in [9.17, 15) is 9.59 Å². The summed E-state index contributed by atoms with van der Waals surface area (Å²) < 4.78 is 5.77. The zero-order chi connectivity index (χ0) is 20.1. The van der Waals surface area contributed by atoms with Crippen LogP contribution in [0, 0.1) is 0 Å². The topological polar surface area (TPSA) is 75.3 Å². The largest absolute Gasteiger partial charge is 0.444 e. The number of carbonyl (C=O) groups is 2. The number of benzene rings is 2. The fourth-order valence-corrected chi connectivity index (χ4v) is 3.61. The molecular weight excluding hydrogens is 366 g/mol. The minimum atomic E-state index is -0.972. The molecular formula is C23H23N3O3. The van der Waals surface area contributed by atoms with E-state index in [0.29, 0.717) is 29.9 Å². The Morgan fingerprint density at radius 3 is 2.28 bits per heavy atom. The van der Waals surface area contributed by atoms with Crippen molar-refractivity contribution >= 4 is 11.9 Å². The third kappa shape index (κ3) is 4.21. The van der Waals surface area contributed by atoms with Crippen LogP contribution in [0.5, 0.6) is 0 Å². The number of esters is 1. The SMILES string of the molecule is O=C(O[C@H](C(=O)N1CCCCC1)c1ccccc1)c1cn[nH]c1-c1ccccc1. The molecule has 148 valence electrons. The van der Waals surface area contributed by atoms with E-state index in [4.69, 9.17) is 4.74 Å². The van der Waals surface area contributed by atoms with Gasteiger partial charge in [-0.3, -0.25) is 9.89 Å². The number of hydrogen-bond donors (Lipinski definition) is 1. The molecule has 0 saturated carbocycles. The molecule has 0 spiro atoms. The molecule has 0 unspecified atom stereocenters. The maximum Gasteiger partial charge on any atom is 0.343 e. The van der Waals surface area contributed by atoms with E-state index in [2.05, 4.69) is 10.2 Å². The zero-order valence-corrected chi connectivity index (χ0v) is 16.1. The van der Waals surface area contributed by atoms with Crippen LogP contribution in [-0.4, -0.2) is 40.1 Å². The number of aromatic nitrogens is 2. The molecule has 3 aromatic rings. The molecule has 6 heteroatoms. The van der Waals surface area contributed by atoms with Crippen LogP contribution in [-0.2, 0) is 9.53 Å². The van der Waals surface area contributed by atoms with Gasteiger partial charge in [0.15, 0.2) is 0 Å². The van der Waals surface area contributed by atoms with Gasteiger partial charge in [0.1, 0.15) is 5.56 Å². The van der Waals surface area contributed by atoms with Crippen molar-refractivity contribution in [2.24, 2.45) is 0 Å². The number of carbonyl (C=O) groups excluding carboxylic acids is 2. The quantitative estimate of drug-likeness (QED) is 0.670. The molecule has 1 amide bonds. The van der Waals surface area contributed by atoms with Crippen LogP contribution in [0.15, 0.2) is 66.9 Å². The molecule has 1 saturated heterocycles. The standard InChI is InChI=1S/C23H23N3O3/c27-22(26-14-8-3-9-15-26)21(18-12-6-2-7-13-18)29-23(28)19-16-24-25-20(19)17-10-4-1-5-11-17/h1-2,4-7,10-13,16,21H,3,8-9,14-15H2,(H,24,25)/t21-/m0/s1. The number of ether oxygens (including phenoxy) is 1. The lowest BCUT2D eigenvalue weighted by Gasteiger charge is -2.30. The number of amides is 1. The summed E-state index contributed by atoms with van der Waals surface area (Å²) in [6, 6.07) is 18.6.